The maximum Gasteiger partial charge on any atom is 0.262 e. The first-order valence-electron chi connectivity index (χ1n) is 5.05. The van der Waals surface area contributed by atoms with Crippen molar-refractivity contribution in [3.05, 3.63) is 46.8 Å². The smallest absolute Gasteiger partial charge is 0.262 e. The minimum atomic E-state index is -0.513. The quantitative estimate of drug-likeness (QED) is 0.407. The Morgan fingerprint density at radius 1 is 1.38 bits per heavy atom. The number of nitrogens with zero attached hydrogens (tertiary/aromatic N) is 2. The third-order valence-electron chi connectivity index (χ3n) is 2.98. The van der Waals surface area contributed by atoms with Crippen LogP contribution in [0.25, 0.3) is 0 Å². The fourth-order valence-electron chi connectivity index (χ4n) is 1.90. The lowest BCUT2D eigenvalue weighted by Crippen LogP contribution is -2.65. The van der Waals surface area contributed by atoms with Crippen LogP contribution >= 0.6 is 0 Å². The van der Waals surface area contributed by atoms with Crippen molar-refractivity contribution >= 4 is 0 Å². The number of hydrogen-bond acceptors (Lipinski definition) is 4. The highest BCUT2D eigenvalue weighted by Crippen LogP contribution is 2.39. The van der Waals surface area contributed by atoms with Crippen LogP contribution in [-0.4, -0.2) is 36.1 Å². The van der Waals surface area contributed by atoms with Gasteiger partial charge in [0.25, 0.3) is 5.70 Å². The molecular formula is C11H14N2O3. The van der Waals surface area contributed by atoms with E-state index < -0.39 is 4.92 Å². The molecule has 16 heavy (non-hydrogen) atoms. The second-order valence-electron chi connectivity index (χ2n) is 4.42. The molecule has 2 heterocycles. The standard InChI is InChI=1S/C11H14N2O3/c1-9(3-4-10(2)13(14)15)12-5-11(6-12)7-16-8-11/h3-4H,1-2,5-8H2/b4-3-. The van der Waals surface area contributed by atoms with Gasteiger partial charge >= 0.3 is 0 Å². The highest BCUT2D eigenvalue weighted by Gasteiger charge is 2.48. The minimum Gasteiger partial charge on any atom is -0.380 e. The van der Waals surface area contributed by atoms with Gasteiger partial charge in [-0.2, -0.15) is 0 Å². The van der Waals surface area contributed by atoms with E-state index in [1.54, 1.807) is 6.08 Å². The van der Waals surface area contributed by atoms with E-state index in [0.29, 0.717) is 5.41 Å². The molecule has 0 bridgehead atoms. The maximum atomic E-state index is 10.3. The Morgan fingerprint density at radius 2 is 2.00 bits per heavy atom. The molecule has 0 aromatic carbocycles. The molecule has 0 unspecified atom stereocenters. The third kappa shape index (κ3) is 1.86. The summed E-state index contributed by atoms with van der Waals surface area (Å²) in [7, 11) is 0. The lowest BCUT2D eigenvalue weighted by molar-refractivity contribution is -0.418. The van der Waals surface area contributed by atoms with E-state index >= 15 is 0 Å². The number of rotatable bonds is 4. The van der Waals surface area contributed by atoms with Gasteiger partial charge in [0.15, 0.2) is 0 Å². The van der Waals surface area contributed by atoms with E-state index in [1.807, 2.05) is 0 Å². The Bertz CT molecular complexity index is 375. The van der Waals surface area contributed by atoms with Crippen molar-refractivity contribution in [2.45, 2.75) is 0 Å². The molecule has 0 aromatic heterocycles. The summed E-state index contributed by atoms with van der Waals surface area (Å²) in [4.78, 5) is 11.9. The predicted molar refractivity (Wildman–Crippen MR) is 59.2 cm³/mol. The van der Waals surface area contributed by atoms with E-state index in [1.165, 1.54) is 6.08 Å². The molecular weight excluding hydrogens is 208 g/mol. The van der Waals surface area contributed by atoms with Crippen LogP contribution in [0.5, 0.6) is 0 Å². The average Bonchev–Trinajstić information content (AvgIpc) is 2.09. The average molecular weight is 222 g/mol. The van der Waals surface area contributed by atoms with Crippen LogP contribution < -0.4 is 0 Å². The molecule has 86 valence electrons. The Balaban J connectivity index is 1.81. The van der Waals surface area contributed by atoms with Crippen molar-refractivity contribution in [3.8, 4) is 0 Å². The van der Waals surface area contributed by atoms with Gasteiger partial charge in [-0.15, -0.1) is 0 Å². The summed E-state index contributed by atoms with van der Waals surface area (Å²) in [5.41, 5.74) is 1.00. The van der Waals surface area contributed by atoms with Crippen LogP contribution in [0.2, 0.25) is 0 Å². The molecule has 0 aliphatic carbocycles. The van der Waals surface area contributed by atoms with E-state index in [-0.39, 0.29) is 5.70 Å². The minimum absolute atomic E-state index is 0.122. The van der Waals surface area contributed by atoms with E-state index in [9.17, 15) is 10.1 Å². The summed E-state index contributed by atoms with van der Waals surface area (Å²) >= 11 is 0. The van der Waals surface area contributed by atoms with Gasteiger partial charge in [0.1, 0.15) is 0 Å². The number of likely N-dealkylation sites (tertiary alicyclic amines) is 1. The van der Waals surface area contributed by atoms with Crippen molar-refractivity contribution in [1.82, 2.24) is 4.90 Å². The predicted octanol–water partition coefficient (Wildman–Crippen LogP) is 1.18. The maximum absolute atomic E-state index is 10.3. The highest BCUT2D eigenvalue weighted by molar-refractivity contribution is 5.23. The Kier molecular flexibility index (Phi) is 2.55. The van der Waals surface area contributed by atoms with Gasteiger partial charge in [-0.05, 0) is 12.7 Å². The molecule has 2 fully saturated rings. The van der Waals surface area contributed by atoms with Gasteiger partial charge in [-0.3, -0.25) is 10.1 Å². The summed E-state index contributed by atoms with van der Waals surface area (Å²) in [6.45, 7) is 10.7. The van der Waals surface area contributed by atoms with Crippen molar-refractivity contribution in [2.75, 3.05) is 26.3 Å². The van der Waals surface area contributed by atoms with Gasteiger partial charge in [-0.25, -0.2) is 0 Å². The first kappa shape index (κ1) is 10.9. The second kappa shape index (κ2) is 3.75. The Hall–Kier alpha value is -1.62. The molecule has 2 rings (SSSR count). The number of allylic oxidation sites excluding steroid dienone is 2. The molecule has 2 aliphatic heterocycles. The van der Waals surface area contributed by atoms with Gasteiger partial charge in [0.2, 0.25) is 0 Å². The molecule has 5 heteroatoms. The molecule has 0 N–H and O–H groups in total. The Morgan fingerprint density at radius 3 is 2.44 bits per heavy atom. The van der Waals surface area contributed by atoms with Gasteiger partial charge < -0.3 is 9.64 Å². The molecule has 1 spiro atoms. The summed E-state index contributed by atoms with van der Waals surface area (Å²) in [6.07, 6.45) is 3.02. The van der Waals surface area contributed by atoms with Gasteiger partial charge in [0.05, 0.1) is 23.6 Å². The lowest BCUT2D eigenvalue weighted by atomic mass is 9.78. The number of hydrogen-bond donors (Lipinski definition) is 0. The molecule has 0 aromatic rings. The van der Waals surface area contributed by atoms with Crippen LogP contribution in [0.3, 0.4) is 0 Å². The van der Waals surface area contributed by atoms with Crippen LogP contribution in [0, 0.1) is 15.5 Å². The fraction of sp³-hybridized carbons (Fsp3) is 0.455. The summed E-state index contributed by atoms with van der Waals surface area (Å²) in [5, 5.41) is 10.3. The first-order valence-corrected chi connectivity index (χ1v) is 5.05. The normalized spacial score (nSPS) is 21.6. The summed E-state index contributed by atoms with van der Waals surface area (Å²) in [6, 6.07) is 0. The molecule has 2 aliphatic rings. The van der Waals surface area contributed by atoms with Gasteiger partial charge in [-0.1, -0.05) is 6.58 Å². The number of ether oxygens (including phenoxy) is 1. The molecule has 0 saturated carbocycles. The van der Waals surface area contributed by atoms with Crippen LogP contribution in [-0.2, 0) is 4.74 Å². The first-order chi connectivity index (χ1) is 7.52. The topological polar surface area (TPSA) is 55.6 Å². The van der Waals surface area contributed by atoms with Crippen molar-refractivity contribution in [3.63, 3.8) is 0 Å². The van der Waals surface area contributed by atoms with E-state index in [2.05, 4.69) is 18.1 Å². The number of nitro groups is 1. The van der Waals surface area contributed by atoms with Gasteiger partial charge in [0, 0.05) is 24.9 Å². The van der Waals surface area contributed by atoms with Crippen LogP contribution in [0.1, 0.15) is 0 Å². The van der Waals surface area contributed by atoms with E-state index in [0.717, 1.165) is 32.0 Å². The largest absolute Gasteiger partial charge is 0.380 e. The third-order valence-corrected chi connectivity index (χ3v) is 2.98. The monoisotopic (exact) mass is 222 g/mol. The summed E-state index contributed by atoms with van der Waals surface area (Å²) < 4.78 is 5.16. The zero-order valence-corrected chi connectivity index (χ0v) is 9.02. The SMILES string of the molecule is C=C(/C=C\C(=C)[N+](=O)[O-])N1CC2(COC2)C1. The van der Waals surface area contributed by atoms with E-state index in [4.69, 9.17) is 4.74 Å². The molecule has 0 amide bonds. The molecule has 0 atom stereocenters. The molecule has 0 radical (unpaired) electrons. The fourth-order valence-corrected chi connectivity index (χ4v) is 1.90. The van der Waals surface area contributed by atoms with Crippen molar-refractivity contribution in [1.29, 1.82) is 0 Å². The van der Waals surface area contributed by atoms with Crippen LogP contribution in [0.4, 0.5) is 0 Å². The van der Waals surface area contributed by atoms with Crippen LogP contribution in [0.15, 0.2) is 36.7 Å². The van der Waals surface area contributed by atoms with Crippen molar-refractivity contribution in [2.24, 2.45) is 5.41 Å². The summed E-state index contributed by atoms with van der Waals surface area (Å²) in [5.74, 6) is 0. The zero-order valence-electron chi connectivity index (χ0n) is 9.02. The molecule has 5 nitrogen and oxygen atoms in total. The second-order valence-corrected chi connectivity index (χ2v) is 4.42. The zero-order chi connectivity index (χ0) is 11.8. The highest BCUT2D eigenvalue weighted by atomic mass is 16.6. The molecule has 2 saturated heterocycles. The van der Waals surface area contributed by atoms with Crippen molar-refractivity contribution < 1.29 is 9.66 Å². The Labute approximate surface area is 93.8 Å². The lowest BCUT2D eigenvalue weighted by Gasteiger charge is -2.56.